The SMILES string of the molecule is CC1(NC(=O)NC(C(=O)O)c2cccs2)CCOC1. The van der Waals surface area contributed by atoms with Crippen LogP contribution in [0, 0.1) is 0 Å². The quantitative estimate of drug-likeness (QED) is 0.779. The summed E-state index contributed by atoms with van der Waals surface area (Å²) in [6.07, 6.45) is 0.719. The van der Waals surface area contributed by atoms with E-state index in [1.54, 1.807) is 17.5 Å². The molecule has 2 rings (SSSR count). The van der Waals surface area contributed by atoms with Crippen LogP contribution in [0.15, 0.2) is 17.5 Å². The van der Waals surface area contributed by atoms with Crippen molar-refractivity contribution in [2.45, 2.75) is 24.9 Å². The Kier molecular flexibility index (Phi) is 4.06. The number of urea groups is 1. The lowest BCUT2D eigenvalue weighted by atomic mass is 10.0. The fourth-order valence-corrected chi connectivity index (χ4v) is 2.68. The van der Waals surface area contributed by atoms with E-state index in [2.05, 4.69) is 10.6 Å². The van der Waals surface area contributed by atoms with Gasteiger partial charge in [-0.3, -0.25) is 0 Å². The average molecular weight is 284 g/mol. The first-order chi connectivity index (χ1) is 9.00. The van der Waals surface area contributed by atoms with Crippen LogP contribution in [0.4, 0.5) is 4.79 Å². The summed E-state index contributed by atoms with van der Waals surface area (Å²) < 4.78 is 5.23. The monoisotopic (exact) mass is 284 g/mol. The second-order valence-electron chi connectivity index (χ2n) is 4.75. The number of nitrogens with one attached hydrogen (secondary N) is 2. The smallest absolute Gasteiger partial charge is 0.331 e. The van der Waals surface area contributed by atoms with Crippen LogP contribution >= 0.6 is 11.3 Å². The van der Waals surface area contributed by atoms with Crippen molar-refractivity contribution in [3.63, 3.8) is 0 Å². The molecule has 2 heterocycles. The summed E-state index contributed by atoms with van der Waals surface area (Å²) >= 11 is 1.30. The van der Waals surface area contributed by atoms with Gasteiger partial charge in [-0.05, 0) is 24.8 Å². The molecule has 1 aliphatic rings. The van der Waals surface area contributed by atoms with Gasteiger partial charge in [-0.1, -0.05) is 6.07 Å². The van der Waals surface area contributed by atoms with E-state index in [1.165, 1.54) is 11.3 Å². The maximum absolute atomic E-state index is 11.9. The normalized spacial score (nSPS) is 23.8. The van der Waals surface area contributed by atoms with E-state index in [9.17, 15) is 9.59 Å². The molecule has 2 atom stereocenters. The van der Waals surface area contributed by atoms with Gasteiger partial charge < -0.3 is 20.5 Å². The Balaban J connectivity index is 1.98. The lowest BCUT2D eigenvalue weighted by Gasteiger charge is -2.24. The van der Waals surface area contributed by atoms with Crippen molar-refractivity contribution < 1.29 is 19.4 Å². The molecule has 7 heteroatoms. The number of aliphatic carboxylic acids is 1. The van der Waals surface area contributed by atoms with Gasteiger partial charge in [0.1, 0.15) is 0 Å². The minimum absolute atomic E-state index is 0.428. The molecule has 0 aliphatic carbocycles. The van der Waals surface area contributed by atoms with E-state index < -0.39 is 23.6 Å². The second kappa shape index (κ2) is 5.58. The Hall–Kier alpha value is -1.60. The van der Waals surface area contributed by atoms with Gasteiger partial charge in [-0.25, -0.2) is 9.59 Å². The molecule has 2 unspecified atom stereocenters. The first-order valence-corrected chi connectivity index (χ1v) is 6.81. The predicted octanol–water partition coefficient (Wildman–Crippen LogP) is 1.35. The minimum atomic E-state index is -1.08. The number of rotatable bonds is 4. The molecule has 0 aromatic carbocycles. The Bertz CT molecular complexity index is 454. The highest BCUT2D eigenvalue weighted by molar-refractivity contribution is 7.10. The van der Waals surface area contributed by atoms with Crippen LogP contribution in [-0.4, -0.2) is 35.9 Å². The molecule has 1 fully saturated rings. The molecule has 1 aromatic heterocycles. The zero-order valence-corrected chi connectivity index (χ0v) is 11.3. The number of carbonyl (C=O) groups is 2. The predicted molar refractivity (Wildman–Crippen MR) is 70.2 cm³/mol. The molecule has 1 aromatic rings. The van der Waals surface area contributed by atoms with Gasteiger partial charge in [0, 0.05) is 11.5 Å². The number of carboxylic acid groups (broad SMARTS) is 1. The summed E-state index contributed by atoms with van der Waals surface area (Å²) in [5.41, 5.74) is -0.428. The third-order valence-corrected chi connectivity index (χ3v) is 3.92. The molecule has 0 radical (unpaired) electrons. The van der Waals surface area contributed by atoms with Gasteiger partial charge in [0.25, 0.3) is 0 Å². The average Bonchev–Trinajstić information content (AvgIpc) is 2.97. The number of amides is 2. The van der Waals surface area contributed by atoms with Crippen LogP contribution in [0.3, 0.4) is 0 Å². The zero-order valence-electron chi connectivity index (χ0n) is 10.5. The Morgan fingerprint density at radius 2 is 2.37 bits per heavy atom. The van der Waals surface area contributed by atoms with E-state index in [1.807, 2.05) is 6.92 Å². The number of thiophene rings is 1. The molecule has 1 saturated heterocycles. The van der Waals surface area contributed by atoms with Crippen molar-refractivity contribution in [3.05, 3.63) is 22.4 Å². The van der Waals surface area contributed by atoms with E-state index >= 15 is 0 Å². The summed E-state index contributed by atoms with van der Waals surface area (Å²) in [4.78, 5) is 23.7. The van der Waals surface area contributed by atoms with Gasteiger partial charge in [-0.2, -0.15) is 0 Å². The van der Waals surface area contributed by atoms with Crippen LogP contribution in [0.25, 0.3) is 0 Å². The summed E-state index contributed by atoms with van der Waals surface area (Å²) in [7, 11) is 0. The van der Waals surface area contributed by atoms with Gasteiger partial charge in [0.2, 0.25) is 0 Å². The van der Waals surface area contributed by atoms with Gasteiger partial charge in [-0.15, -0.1) is 11.3 Å². The third kappa shape index (κ3) is 3.45. The number of ether oxygens (including phenoxy) is 1. The molecule has 0 spiro atoms. The van der Waals surface area contributed by atoms with E-state index in [-0.39, 0.29) is 0 Å². The molecule has 2 amide bonds. The van der Waals surface area contributed by atoms with Crippen molar-refractivity contribution in [1.29, 1.82) is 0 Å². The highest BCUT2D eigenvalue weighted by Crippen LogP contribution is 2.20. The van der Waals surface area contributed by atoms with Crippen LogP contribution in [0.5, 0.6) is 0 Å². The molecular formula is C12H16N2O4S. The third-order valence-electron chi connectivity index (χ3n) is 2.98. The van der Waals surface area contributed by atoms with Gasteiger partial charge in [0.05, 0.1) is 12.1 Å². The molecular weight excluding hydrogens is 268 g/mol. The summed E-state index contributed by atoms with van der Waals surface area (Å²) in [5.74, 6) is -1.08. The minimum Gasteiger partial charge on any atom is -0.479 e. The Morgan fingerprint density at radius 1 is 1.58 bits per heavy atom. The van der Waals surface area contributed by atoms with Crippen LogP contribution in [0.2, 0.25) is 0 Å². The lowest BCUT2D eigenvalue weighted by molar-refractivity contribution is -0.139. The summed E-state index contributed by atoms with van der Waals surface area (Å²) in [6, 6.07) is 1.92. The maximum atomic E-state index is 11.9. The highest BCUT2D eigenvalue weighted by Gasteiger charge is 2.32. The van der Waals surface area contributed by atoms with Crippen molar-refractivity contribution in [2.24, 2.45) is 0 Å². The van der Waals surface area contributed by atoms with E-state index in [0.29, 0.717) is 18.1 Å². The fourth-order valence-electron chi connectivity index (χ4n) is 1.92. The number of carbonyl (C=O) groups excluding carboxylic acids is 1. The first kappa shape index (κ1) is 13.8. The Morgan fingerprint density at radius 3 is 2.89 bits per heavy atom. The number of hydrogen-bond donors (Lipinski definition) is 3. The Labute approximate surface area is 114 Å². The summed E-state index contributed by atoms with van der Waals surface area (Å²) in [6.45, 7) is 2.92. The second-order valence-corrected chi connectivity index (χ2v) is 5.73. The largest absolute Gasteiger partial charge is 0.479 e. The van der Waals surface area contributed by atoms with Crippen LogP contribution < -0.4 is 10.6 Å². The van der Waals surface area contributed by atoms with Gasteiger partial charge >= 0.3 is 12.0 Å². The maximum Gasteiger partial charge on any atom is 0.331 e. The zero-order chi connectivity index (χ0) is 13.9. The van der Waals surface area contributed by atoms with E-state index in [0.717, 1.165) is 6.42 Å². The summed E-state index contributed by atoms with van der Waals surface area (Å²) in [5, 5.41) is 16.2. The molecule has 3 N–H and O–H groups in total. The topological polar surface area (TPSA) is 87.7 Å². The number of carboxylic acids is 1. The lowest BCUT2D eigenvalue weighted by Crippen LogP contribution is -2.52. The van der Waals surface area contributed by atoms with Crippen LogP contribution in [-0.2, 0) is 9.53 Å². The first-order valence-electron chi connectivity index (χ1n) is 5.93. The molecule has 1 aliphatic heterocycles. The molecule has 0 saturated carbocycles. The van der Waals surface area contributed by atoms with Crippen molar-refractivity contribution in [3.8, 4) is 0 Å². The molecule has 19 heavy (non-hydrogen) atoms. The van der Waals surface area contributed by atoms with Crippen LogP contribution in [0.1, 0.15) is 24.3 Å². The fraction of sp³-hybridized carbons (Fsp3) is 0.500. The van der Waals surface area contributed by atoms with Crippen molar-refractivity contribution in [1.82, 2.24) is 10.6 Å². The highest BCUT2D eigenvalue weighted by atomic mass is 32.1. The molecule has 104 valence electrons. The van der Waals surface area contributed by atoms with Gasteiger partial charge in [0.15, 0.2) is 6.04 Å². The molecule has 0 bridgehead atoms. The standard InChI is InChI=1S/C12H16N2O4S/c1-12(4-5-18-7-12)14-11(17)13-9(10(15)16)8-3-2-6-19-8/h2-3,6,9H,4-5,7H2,1H3,(H,15,16)(H2,13,14,17). The van der Waals surface area contributed by atoms with Crippen molar-refractivity contribution in [2.75, 3.05) is 13.2 Å². The van der Waals surface area contributed by atoms with Crippen molar-refractivity contribution >= 4 is 23.3 Å². The van der Waals surface area contributed by atoms with E-state index in [4.69, 9.17) is 9.84 Å². The molecule has 6 nitrogen and oxygen atoms in total. The number of hydrogen-bond acceptors (Lipinski definition) is 4.